The van der Waals surface area contributed by atoms with Crippen molar-refractivity contribution in [2.45, 2.75) is 23.3 Å². The van der Waals surface area contributed by atoms with Gasteiger partial charge in [-0.3, -0.25) is 4.79 Å². The van der Waals surface area contributed by atoms with Gasteiger partial charge in [0.25, 0.3) is 0 Å². The molecule has 0 amide bonds. The van der Waals surface area contributed by atoms with E-state index in [0.29, 0.717) is 4.70 Å². The van der Waals surface area contributed by atoms with Gasteiger partial charge in [0.05, 0.1) is 15.1 Å². The first-order valence-electron chi connectivity index (χ1n) is 7.62. The summed E-state index contributed by atoms with van der Waals surface area (Å²) in [5, 5.41) is 0. The summed E-state index contributed by atoms with van der Waals surface area (Å²) in [6.07, 6.45) is 0.810. The molecule has 0 bridgehead atoms. The van der Waals surface area contributed by atoms with Crippen molar-refractivity contribution in [1.82, 2.24) is 9.29 Å². The fourth-order valence-electron chi connectivity index (χ4n) is 2.94. The van der Waals surface area contributed by atoms with Gasteiger partial charge >= 0.3 is 4.87 Å². The van der Waals surface area contributed by atoms with Crippen molar-refractivity contribution >= 4 is 31.6 Å². The molecule has 124 valence electrons. The number of aryl methyl sites for hydroxylation is 1. The van der Waals surface area contributed by atoms with Gasteiger partial charge < -0.3 is 4.57 Å². The van der Waals surface area contributed by atoms with Gasteiger partial charge in [-0.1, -0.05) is 41.7 Å². The van der Waals surface area contributed by atoms with E-state index in [1.807, 2.05) is 30.3 Å². The summed E-state index contributed by atoms with van der Waals surface area (Å²) >= 11 is 1.06. The molecule has 0 saturated heterocycles. The lowest BCUT2D eigenvalue weighted by atomic mass is 10.1. The zero-order valence-electron chi connectivity index (χ0n) is 13.0. The molecule has 7 heteroatoms. The van der Waals surface area contributed by atoms with Gasteiger partial charge in [0.2, 0.25) is 10.0 Å². The van der Waals surface area contributed by atoms with Crippen molar-refractivity contribution in [2.24, 2.45) is 7.05 Å². The highest BCUT2D eigenvalue weighted by atomic mass is 32.2. The van der Waals surface area contributed by atoms with E-state index in [-0.39, 0.29) is 21.7 Å². The fourth-order valence-corrected chi connectivity index (χ4v) is 5.25. The summed E-state index contributed by atoms with van der Waals surface area (Å²) < 4.78 is 30.2. The highest BCUT2D eigenvalue weighted by Gasteiger charge is 2.41. The predicted molar refractivity (Wildman–Crippen MR) is 95.0 cm³/mol. The number of nitrogens with one attached hydrogen (secondary N) is 1. The first-order chi connectivity index (χ1) is 11.5. The minimum atomic E-state index is -3.59. The Morgan fingerprint density at radius 2 is 1.92 bits per heavy atom. The topological polar surface area (TPSA) is 68.2 Å². The molecular weight excluding hydrogens is 344 g/mol. The lowest BCUT2D eigenvalue weighted by Gasteiger charge is -2.07. The van der Waals surface area contributed by atoms with Gasteiger partial charge in [0.15, 0.2) is 0 Å². The van der Waals surface area contributed by atoms with Crippen molar-refractivity contribution in [1.29, 1.82) is 0 Å². The fraction of sp³-hybridized carbons (Fsp3) is 0.235. The van der Waals surface area contributed by atoms with E-state index in [4.69, 9.17) is 0 Å². The summed E-state index contributed by atoms with van der Waals surface area (Å²) in [7, 11) is -1.90. The maximum Gasteiger partial charge on any atom is 0.307 e. The lowest BCUT2D eigenvalue weighted by Crippen LogP contribution is -2.26. The first kappa shape index (κ1) is 15.6. The van der Waals surface area contributed by atoms with Crippen LogP contribution in [0.1, 0.15) is 17.9 Å². The average Bonchev–Trinajstić information content (AvgIpc) is 3.26. The minimum Gasteiger partial charge on any atom is -0.302 e. The molecule has 2 aromatic carbocycles. The molecule has 1 fully saturated rings. The van der Waals surface area contributed by atoms with Gasteiger partial charge in [0, 0.05) is 19.0 Å². The summed E-state index contributed by atoms with van der Waals surface area (Å²) in [6.45, 7) is 0. The molecule has 4 rings (SSSR count). The maximum absolute atomic E-state index is 12.6. The number of benzene rings is 2. The average molecular weight is 360 g/mol. The van der Waals surface area contributed by atoms with Crippen molar-refractivity contribution in [3.8, 4) is 0 Å². The molecule has 5 nitrogen and oxygen atoms in total. The monoisotopic (exact) mass is 360 g/mol. The normalized spacial score (nSPS) is 20.4. The molecule has 2 atom stereocenters. The number of aromatic nitrogens is 1. The highest BCUT2D eigenvalue weighted by Crippen LogP contribution is 2.41. The van der Waals surface area contributed by atoms with Crippen molar-refractivity contribution < 1.29 is 8.42 Å². The maximum atomic E-state index is 12.6. The number of hydrogen-bond acceptors (Lipinski definition) is 4. The smallest absolute Gasteiger partial charge is 0.302 e. The zero-order chi connectivity index (χ0) is 16.9. The van der Waals surface area contributed by atoms with Crippen LogP contribution in [0.3, 0.4) is 0 Å². The Morgan fingerprint density at radius 1 is 1.17 bits per heavy atom. The second kappa shape index (κ2) is 5.54. The Morgan fingerprint density at radius 3 is 2.67 bits per heavy atom. The van der Waals surface area contributed by atoms with Crippen molar-refractivity contribution in [3.63, 3.8) is 0 Å². The standard InChI is InChI=1S/C17H16N2O3S2/c1-19-15-8-7-12(9-16(15)23-17(19)20)24(21,22)18-14-10-13(14)11-5-3-2-4-6-11/h2-9,13-14,18H,10H2,1H3/t13-,14+/m1/s1. The highest BCUT2D eigenvalue weighted by molar-refractivity contribution is 7.89. The summed E-state index contributed by atoms with van der Waals surface area (Å²) in [5.74, 6) is 0.234. The van der Waals surface area contributed by atoms with E-state index in [2.05, 4.69) is 4.72 Å². The molecule has 0 spiro atoms. The molecule has 1 aliphatic carbocycles. The third-order valence-corrected chi connectivity index (χ3v) is 6.88. The van der Waals surface area contributed by atoms with Crippen LogP contribution in [-0.4, -0.2) is 19.0 Å². The number of hydrogen-bond donors (Lipinski definition) is 1. The Bertz CT molecular complexity index is 1070. The minimum absolute atomic E-state index is 0.0670. The third-order valence-electron chi connectivity index (χ3n) is 4.40. The number of fused-ring (bicyclic) bond motifs is 1. The van der Waals surface area contributed by atoms with Crippen LogP contribution in [0, 0.1) is 0 Å². The molecular formula is C17H16N2O3S2. The predicted octanol–water partition coefficient (Wildman–Crippen LogP) is 2.43. The Kier molecular flexibility index (Phi) is 3.59. The van der Waals surface area contributed by atoms with E-state index in [1.165, 1.54) is 4.57 Å². The van der Waals surface area contributed by atoms with Crippen LogP contribution in [-0.2, 0) is 17.1 Å². The SMILES string of the molecule is Cn1c(=O)sc2cc(S(=O)(=O)N[C@H]3C[C@@H]3c3ccccc3)ccc21. The Hall–Kier alpha value is -1.96. The molecule has 24 heavy (non-hydrogen) atoms. The molecule has 3 aromatic rings. The van der Waals surface area contributed by atoms with Crippen LogP contribution in [0.15, 0.2) is 58.2 Å². The van der Waals surface area contributed by atoms with Crippen LogP contribution < -0.4 is 9.60 Å². The number of thiazole rings is 1. The van der Waals surface area contributed by atoms with Gasteiger partial charge in [0.1, 0.15) is 0 Å². The molecule has 1 aromatic heterocycles. The second-order valence-corrected chi connectivity index (χ2v) is 8.74. The number of sulfonamides is 1. The summed E-state index contributed by atoms with van der Waals surface area (Å²) in [5.41, 5.74) is 1.90. The third kappa shape index (κ3) is 2.68. The van der Waals surface area contributed by atoms with E-state index < -0.39 is 10.0 Å². The largest absolute Gasteiger partial charge is 0.307 e. The van der Waals surface area contributed by atoms with E-state index in [1.54, 1.807) is 25.2 Å². The van der Waals surface area contributed by atoms with E-state index in [9.17, 15) is 13.2 Å². The van der Waals surface area contributed by atoms with Gasteiger partial charge in [-0.05, 0) is 30.2 Å². The van der Waals surface area contributed by atoms with Crippen molar-refractivity contribution in [3.05, 3.63) is 63.8 Å². The first-order valence-corrected chi connectivity index (χ1v) is 9.92. The zero-order valence-corrected chi connectivity index (χ0v) is 14.6. The molecule has 0 unspecified atom stereocenters. The van der Waals surface area contributed by atoms with E-state index >= 15 is 0 Å². The van der Waals surface area contributed by atoms with Crippen LogP contribution >= 0.6 is 11.3 Å². The molecule has 1 N–H and O–H groups in total. The van der Waals surface area contributed by atoms with Crippen molar-refractivity contribution in [2.75, 3.05) is 0 Å². The lowest BCUT2D eigenvalue weighted by molar-refractivity contribution is 0.580. The summed E-state index contributed by atoms with van der Waals surface area (Å²) in [6, 6.07) is 14.7. The Balaban J connectivity index is 1.59. The van der Waals surface area contributed by atoms with Crippen LogP contribution in [0.4, 0.5) is 0 Å². The molecule has 1 aliphatic rings. The van der Waals surface area contributed by atoms with Crippen LogP contribution in [0.2, 0.25) is 0 Å². The van der Waals surface area contributed by atoms with Gasteiger partial charge in [-0.25, -0.2) is 13.1 Å². The molecule has 1 saturated carbocycles. The number of rotatable bonds is 4. The molecule has 0 aliphatic heterocycles. The second-order valence-electron chi connectivity index (χ2n) is 6.04. The molecule has 1 heterocycles. The Labute approximate surface area is 143 Å². The summed E-state index contributed by atoms with van der Waals surface area (Å²) in [4.78, 5) is 11.8. The number of nitrogens with zero attached hydrogens (tertiary/aromatic N) is 1. The van der Waals surface area contributed by atoms with Crippen LogP contribution in [0.25, 0.3) is 10.2 Å². The van der Waals surface area contributed by atoms with Crippen LogP contribution in [0.5, 0.6) is 0 Å². The van der Waals surface area contributed by atoms with Gasteiger partial charge in [-0.15, -0.1) is 0 Å². The molecule has 0 radical (unpaired) electrons. The van der Waals surface area contributed by atoms with Gasteiger partial charge in [-0.2, -0.15) is 0 Å². The quantitative estimate of drug-likeness (QED) is 0.777. The van der Waals surface area contributed by atoms with E-state index in [0.717, 1.165) is 28.8 Å².